The molecule has 0 aliphatic rings. The Morgan fingerprint density at radius 2 is 1.74 bits per heavy atom. The van der Waals surface area contributed by atoms with Crippen molar-refractivity contribution in [2.24, 2.45) is 0 Å². The molecule has 1 heterocycles. The minimum absolute atomic E-state index is 0.161. The van der Waals surface area contributed by atoms with Gasteiger partial charge in [-0.2, -0.15) is 0 Å². The molecule has 0 spiro atoms. The van der Waals surface area contributed by atoms with E-state index < -0.39 is 29.8 Å². The quantitative estimate of drug-likeness (QED) is 0.727. The van der Waals surface area contributed by atoms with Crippen molar-refractivity contribution in [3.05, 3.63) is 88.6 Å². The van der Waals surface area contributed by atoms with E-state index >= 15 is 0 Å². The van der Waals surface area contributed by atoms with Crippen molar-refractivity contribution in [2.45, 2.75) is 6.54 Å². The van der Waals surface area contributed by atoms with Crippen LogP contribution in [0, 0.1) is 5.82 Å². The van der Waals surface area contributed by atoms with E-state index in [2.05, 4.69) is 5.32 Å². The highest BCUT2D eigenvalue weighted by atomic mass is 19.1. The van der Waals surface area contributed by atoms with E-state index in [1.165, 1.54) is 24.4 Å². The van der Waals surface area contributed by atoms with Crippen molar-refractivity contribution in [1.29, 1.82) is 0 Å². The van der Waals surface area contributed by atoms with Gasteiger partial charge in [0.2, 0.25) is 0 Å². The zero-order chi connectivity index (χ0) is 19.4. The number of hydrogen-bond donors (Lipinski definition) is 2. The predicted molar refractivity (Wildman–Crippen MR) is 98.1 cm³/mol. The highest BCUT2D eigenvalue weighted by Crippen LogP contribution is 2.22. The molecule has 2 aromatic carbocycles. The molecule has 0 bridgehead atoms. The molecule has 0 atom stereocenters. The van der Waals surface area contributed by atoms with Crippen LogP contribution in [0.3, 0.4) is 0 Å². The van der Waals surface area contributed by atoms with Crippen LogP contribution in [0.4, 0.5) is 10.1 Å². The third-order valence-electron chi connectivity index (χ3n) is 3.87. The lowest BCUT2D eigenvalue weighted by molar-refractivity contribution is -0.137. The first kappa shape index (κ1) is 18.1. The normalized spacial score (nSPS) is 10.4. The SMILES string of the molecule is O=C(O)Cn1cc(NC(=O)c2ccc(-c3ccccc3)cc2F)ccc1=O. The summed E-state index contributed by atoms with van der Waals surface area (Å²) < 4.78 is 15.3. The van der Waals surface area contributed by atoms with E-state index in [1.807, 2.05) is 30.3 Å². The second-order valence-corrected chi connectivity index (χ2v) is 5.79. The highest BCUT2D eigenvalue weighted by molar-refractivity contribution is 6.04. The number of nitrogens with one attached hydrogen (secondary N) is 1. The molecule has 7 heteroatoms. The minimum Gasteiger partial charge on any atom is -0.480 e. The molecule has 3 rings (SSSR count). The molecule has 0 radical (unpaired) electrons. The van der Waals surface area contributed by atoms with E-state index in [1.54, 1.807) is 6.07 Å². The molecule has 0 unspecified atom stereocenters. The van der Waals surface area contributed by atoms with E-state index in [4.69, 9.17) is 5.11 Å². The Labute approximate surface area is 153 Å². The van der Waals surface area contributed by atoms with E-state index in [0.717, 1.165) is 16.2 Å². The number of carboxylic acids is 1. The Morgan fingerprint density at radius 1 is 1.00 bits per heavy atom. The maximum Gasteiger partial charge on any atom is 0.323 e. The molecular formula is C20H15FN2O4. The maximum atomic E-state index is 14.4. The lowest BCUT2D eigenvalue weighted by atomic mass is 10.0. The Morgan fingerprint density at radius 3 is 2.41 bits per heavy atom. The molecule has 0 saturated carbocycles. The molecule has 136 valence electrons. The lowest BCUT2D eigenvalue weighted by Crippen LogP contribution is -2.24. The Balaban J connectivity index is 1.82. The van der Waals surface area contributed by atoms with Crippen molar-refractivity contribution < 1.29 is 19.1 Å². The molecule has 27 heavy (non-hydrogen) atoms. The maximum absolute atomic E-state index is 14.4. The van der Waals surface area contributed by atoms with Crippen LogP contribution in [-0.4, -0.2) is 21.6 Å². The molecule has 0 aliphatic carbocycles. The van der Waals surface area contributed by atoms with Crippen molar-refractivity contribution >= 4 is 17.6 Å². The number of anilines is 1. The van der Waals surface area contributed by atoms with Gasteiger partial charge in [-0.1, -0.05) is 36.4 Å². The Bertz CT molecular complexity index is 1060. The van der Waals surface area contributed by atoms with Crippen molar-refractivity contribution in [1.82, 2.24) is 4.57 Å². The van der Waals surface area contributed by atoms with Crippen LogP contribution < -0.4 is 10.9 Å². The minimum atomic E-state index is -1.19. The van der Waals surface area contributed by atoms with Crippen LogP contribution in [0.5, 0.6) is 0 Å². The number of benzene rings is 2. The fourth-order valence-corrected chi connectivity index (χ4v) is 2.58. The summed E-state index contributed by atoms with van der Waals surface area (Å²) in [5.41, 5.74) is 0.968. The van der Waals surface area contributed by atoms with Gasteiger partial charge in [0, 0.05) is 12.3 Å². The molecule has 6 nitrogen and oxygen atoms in total. The summed E-state index contributed by atoms with van der Waals surface area (Å²) in [6, 6.07) is 15.9. The summed E-state index contributed by atoms with van der Waals surface area (Å²) in [4.78, 5) is 34.7. The van der Waals surface area contributed by atoms with Gasteiger partial charge in [-0.05, 0) is 29.3 Å². The number of amides is 1. The van der Waals surface area contributed by atoms with Crippen LogP contribution in [0.15, 0.2) is 71.7 Å². The largest absolute Gasteiger partial charge is 0.480 e. The summed E-state index contributed by atoms with van der Waals surface area (Å²) in [5, 5.41) is 11.3. The van der Waals surface area contributed by atoms with Crippen molar-refractivity contribution in [3.8, 4) is 11.1 Å². The molecule has 0 aliphatic heterocycles. The smallest absolute Gasteiger partial charge is 0.323 e. The van der Waals surface area contributed by atoms with E-state index in [9.17, 15) is 18.8 Å². The van der Waals surface area contributed by atoms with Crippen LogP contribution in [0.1, 0.15) is 10.4 Å². The third-order valence-corrected chi connectivity index (χ3v) is 3.87. The van der Waals surface area contributed by atoms with E-state index in [-0.39, 0.29) is 11.3 Å². The number of nitrogens with zero attached hydrogens (tertiary/aromatic N) is 1. The number of carboxylic acid groups (broad SMARTS) is 1. The molecule has 2 N–H and O–H groups in total. The number of hydrogen-bond acceptors (Lipinski definition) is 3. The van der Waals surface area contributed by atoms with Crippen molar-refractivity contribution in [2.75, 3.05) is 5.32 Å². The van der Waals surface area contributed by atoms with Gasteiger partial charge in [-0.3, -0.25) is 14.4 Å². The monoisotopic (exact) mass is 366 g/mol. The third kappa shape index (κ3) is 4.27. The molecule has 1 amide bonds. The van der Waals surface area contributed by atoms with Gasteiger partial charge in [0.1, 0.15) is 12.4 Å². The fourth-order valence-electron chi connectivity index (χ4n) is 2.58. The summed E-state index contributed by atoms with van der Waals surface area (Å²) in [5.74, 6) is -2.58. The predicted octanol–water partition coefficient (Wildman–Crippen LogP) is 2.99. The van der Waals surface area contributed by atoms with Crippen molar-refractivity contribution in [3.63, 3.8) is 0 Å². The van der Waals surface area contributed by atoms with Crippen LogP contribution in [0.2, 0.25) is 0 Å². The number of aromatic nitrogens is 1. The number of halogens is 1. The first-order chi connectivity index (χ1) is 12.9. The number of carbonyl (C=O) groups is 2. The van der Waals surface area contributed by atoms with E-state index in [0.29, 0.717) is 5.56 Å². The second-order valence-electron chi connectivity index (χ2n) is 5.79. The zero-order valence-electron chi connectivity index (χ0n) is 14.1. The molecular weight excluding hydrogens is 351 g/mol. The van der Waals surface area contributed by atoms with Gasteiger partial charge in [-0.15, -0.1) is 0 Å². The number of carbonyl (C=O) groups excluding carboxylic acids is 1. The zero-order valence-corrected chi connectivity index (χ0v) is 14.1. The molecule has 1 aromatic heterocycles. The average Bonchev–Trinajstić information content (AvgIpc) is 2.64. The Kier molecular flexibility index (Phi) is 5.12. The molecule has 0 saturated heterocycles. The van der Waals surface area contributed by atoms with Gasteiger partial charge in [0.05, 0.1) is 11.3 Å². The van der Waals surface area contributed by atoms with Gasteiger partial charge < -0.3 is 15.0 Å². The molecule has 0 fully saturated rings. The summed E-state index contributed by atoms with van der Waals surface area (Å²) in [6.45, 7) is -0.539. The Hall–Kier alpha value is -3.74. The summed E-state index contributed by atoms with van der Waals surface area (Å²) >= 11 is 0. The van der Waals surface area contributed by atoms with Gasteiger partial charge >= 0.3 is 5.97 Å². The number of aliphatic carboxylic acids is 1. The first-order valence-corrected chi connectivity index (χ1v) is 8.02. The number of rotatable bonds is 5. The van der Waals surface area contributed by atoms with Crippen LogP contribution in [-0.2, 0) is 11.3 Å². The fraction of sp³-hybridized carbons (Fsp3) is 0.0500. The van der Waals surface area contributed by atoms with Gasteiger partial charge in [-0.25, -0.2) is 4.39 Å². The van der Waals surface area contributed by atoms with Crippen LogP contribution >= 0.6 is 0 Å². The first-order valence-electron chi connectivity index (χ1n) is 8.02. The highest BCUT2D eigenvalue weighted by Gasteiger charge is 2.14. The summed E-state index contributed by atoms with van der Waals surface area (Å²) in [6.07, 6.45) is 1.20. The second kappa shape index (κ2) is 7.65. The molecule has 3 aromatic rings. The van der Waals surface area contributed by atoms with Crippen LogP contribution in [0.25, 0.3) is 11.1 Å². The standard InChI is InChI=1S/C20H15FN2O4/c21-17-10-14(13-4-2-1-3-5-13)6-8-16(17)20(27)22-15-7-9-18(24)23(11-15)12-19(25)26/h1-11H,12H2,(H,22,27)(H,25,26). The topological polar surface area (TPSA) is 88.4 Å². The number of pyridine rings is 1. The lowest BCUT2D eigenvalue weighted by Gasteiger charge is -2.09. The average molecular weight is 366 g/mol. The summed E-state index contributed by atoms with van der Waals surface area (Å²) in [7, 11) is 0. The van der Waals surface area contributed by atoms with Gasteiger partial charge in [0.25, 0.3) is 11.5 Å². The van der Waals surface area contributed by atoms with Gasteiger partial charge in [0.15, 0.2) is 0 Å².